The van der Waals surface area contributed by atoms with Gasteiger partial charge in [0.2, 0.25) is 0 Å². The Hall–Kier alpha value is -0.660. The Balaban J connectivity index is 0.000000431. The fourth-order valence-corrected chi connectivity index (χ4v) is 4.17. The van der Waals surface area contributed by atoms with Crippen LogP contribution in [0.4, 0.5) is 0 Å². The van der Waals surface area contributed by atoms with Gasteiger partial charge in [-0.25, -0.2) is 0 Å². The zero-order valence-electron chi connectivity index (χ0n) is 21.0. The number of hydrogen-bond donors (Lipinski definition) is 0. The molecule has 190 valence electrons. The van der Waals surface area contributed by atoms with Crippen molar-refractivity contribution in [3.63, 3.8) is 0 Å². The number of hydrogen-bond acceptors (Lipinski definition) is 0. The van der Waals surface area contributed by atoms with Crippen molar-refractivity contribution in [2.24, 2.45) is 0 Å². The third kappa shape index (κ3) is 14.6. The minimum atomic E-state index is 0. The van der Waals surface area contributed by atoms with Crippen LogP contribution in [-0.2, 0) is 23.3 Å². The van der Waals surface area contributed by atoms with E-state index in [9.17, 15) is 0 Å². The van der Waals surface area contributed by atoms with Gasteiger partial charge in [0, 0.05) is 0 Å². The first kappa shape index (κ1) is 34.3. The summed E-state index contributed by atoms with van der Waals surface area (Å²) < 4.78 is 0. The van der Waals surface area contributed by atoms with Gasteiger partial charge < -0.3 is 12.8 Å². The zero-order chi connectivity index (χ0) is 23.6. The average molecular weight is 603 g/mol. The van der Waals surface area contributed by atoms with Gasteiger partial charge in [-0.1, -0.05) is 57.6 Å². The van der Waals surface area contributed by atoms with Crippen molar-refractivity contribution >= 4 is 53.2 Å². The third-order valence-electron chi connectivity index (χ3n) is 5.94. The smallest absolute Gasteiger partial charge is 0.0809 e. The van der Waals surface area contributed by atoms with Crippen molar-refractivity contribution < 1.29 is 23.3 Å². The van der Waals surface area contributed by atoms with Crippen molar-refractivity contribution in [3.8, 4) is 0 Å². The predicted octanol–water partition coefficient (Wildman–Crippen LogP) is 10.2. The molecule has 2 aliphatic carbocycles. The second-order valence-corrected chi connectivity index (χ2v) is 8.67. The Morgan fingerprint density at radius 3 is 1.54 bits per heavy atom. The summed E-state index contributed by atoms with van der Waals surface area (Å²) in [6.07, 6.45) is 19.0. The summed E-state index contributed by atoms with van der Waals surface area (Å²) in [5.74, 6) is 0. The first-order chi connectivity index (χ1) is 16.3. The summed E-state index contributed by atoms with van der Waals surface area (Å²) in [5.41, 5.74) is 1.35. The quantitative estimate of drug-likeness (QED) is 0.139. The van der Waals surface area contributed by atoms with Crippen molar-refractivity contribution in [1.82, 2.24) is 0 Å². The molecule has 2 radical (unpaired) electrons. The molecule has 0 spiro atoms. The number of benzene rings is 2. The maximum atomic E-state index is 3.06. The van der Waals surface area contributed by atoms with Crippen molar-refractivity contribution in [2.75, 3.05) is 0 Å². The van der Waals surface area contributed by atoms with E-state index >= 15 is 0 Å². The van der Waals surface area contributed by atoms with E-state index in [0.29, 0.717) is 0 Å². The van der Waals surface area contributed by atoms with Gasteiger partial charge >= 0.3 is 30.2 Å². The topological polar surface area (TPSA) is 0 Å². The number of aryl methyl sites for hydroxylation is 1. The maximum absolute atomic E-state index is 3.06. The Kier molecular flexibility index (Phi) is 22.1. The molecule has 0 nitrogen and oxygen atoms in total. The van der Waals surface area contributed by atoms with Crippen molar-refractivity contribution in [1.29, 1.82) is 0 Å². The van der Waals surface area contributed by atoms with Crippen LogP contribution in [0.2, 0.25) is 0 Å². The van der Waals surface area contributed by atoms with E-state index in [0.717, 1.165) is 0 Å². The van der Waals surface area contributed by atoms with E-state index in [4.69, 9.17) is 0 Å². The molecule has 0 bridgehead atoms. The molecule has 0 aliphatic heterocycles. The van der Waals surface area contributed by atoms with Crippen LogP contribution in [0.3, 0.4) is 0 Å². The largest absolute Gasteiger partial charge is 0.168 e. The van der Waals surface area contributed by atoms with Gasteiger partial charge in [0.05, 0.1) is 0 Å². The molecule has 0 amide bonds. The fraction of sp³-hybridized carbons (Fsp3) is 0.355. The molecule has 4 heteroatoms. The summed E-state index contributed by atoms with van der Waals surface area (Å²) in [4.78, 5) is 0. The van der Waals surface area contributed by atoms with Crippen LogP contribution in [0.5, 0.6) is 0 Å². The summed E-state index contributed by atoms with van der Waals surface area (Å²) >= 11 is 1.36. The molecule has 4 aromatic rings. The molecule has 2 saturated carbocycles. The van der Waals surface area contributed by atoms with Gasteiger partial charge in [-0.05, 0) is 0 Å². The van der Waals surface area contributed by atoms with Crippen LogP contribution >= 0.6 is 24.8 Å². The van der Waals surface area contributed by atoms with Gasteiger partial charge in [-0.2, -0.15) is 49.3 Å². The standard InChI is InChI=1S/C10H9.C9H7.2C6H11.2ClH.Si.Zr/c1-8-6-9-4-2-3-5-10(9)7-8;1-2-5-9-7-3-6-8(9)4-1;2*1-2-4-6-5-3-1;;;;/h2-7H,1H3;1-7H;2*1H,2-6H2;2*1H;;/q4*-1;;;;. The van der Waals surface area contributed by atoms with Gasteiger partial charge in [0.25, 0.3) is 0 Å². The molecule has 2 fully saturated rings. The Bertz CT molecular complexity index is 901. The van der Waals surface area contributed by atoms with Crippen LogP contribution in [-0.4, -0.2) is 6.88 Å². The molecule has 0 aromatic heterocycles. The van der Waals surface area contributed by atoms with Crippen LogP contribution in [0.1, 0.15) is 69.8 Å². The van der Waals surface area contributed by atoms with Crippen LogP contribution in [0, 0.1) is 19.8 Å². The molecule has 35 heavy (non-hydrogen) atoms. The summed E-state index contributed by atoms with van der Waals surface area (Å²) in [7, 11) is 0. The van der Waals surface area contributed by atoms with Gasteiger partial charge in [-0.15, -0.1) is 95.1 Å². The molecule has 6 rings (SSSR count). The van der Waals surface area contributed by atoms with E-state index < -0.39 is 0 Å². The molecule has 0 N–H and O–H groups in total. The summed E-state index contributed by atoms with van der Waals surface area (Å²) in [6, 6.07) is 27.5. The number of rotatable bonds is 0. The zero-order valence-corrected chi connectivity index (χ0v) is 26.1. The van der Waals surface area contributed by atoms with Crippen LogP contribution in [0.15, 0.2) is 78.9 Å². The monoisotopic (exact) mass is 600 g/mol. The second-order valence-electron chi connectivity index (χ2n) is 8.67. The van der Waals surface area contributed by atoms with Gasteiger partial charge in [-0.3, -0.25) is 0 Å². The van der Waals surface area contributed by atoms with E-state index in [1.54, 1.807) is 0 Å². The first-order valence-corrected chi connectivity index (χ1v) is 16.6. The van der Waals surface area contributed by atoms with E-state index in [2.05, 4.69) is 106 Å². The van der Waals surface area contributed by atoms with E-state index in [1.807, 2.05) is 0 Å². The molecular formula is C31H40Cl2SiZr-4. The molecule has 0 saturated heterocycles. The number of halogens is 2. The van der Waals surface area contributed by atoms with Gasteiger partial charge in [0.1, 0.15) is 0 Å². The molecule has 0 unspecified atom stereocenters. The third-order valence-corrected chi connectivity index (χ3v) is 5.94. The number of fused-ring (bicyclic) bond motifs is 2. The van der Waals surface area contributed by atoms with Crippen LogP contribution in [0.25, 0.3) is 21.5 Å². The molecule has 4 aromatic carbocycles. The minimum Gasteiger partial charge on any atom is -0.168 e. The first-order valence-electron chi connectivity index (χ1n) is 12.4. The molecule has 0 heterocycles. The predicted molar refractivity (Wildman–Crippen MR) is 159 cm³/mol. The second kappa shape index (κ2) is 22.5. The molecular weight excluding hydrogens is 563 g/mol. The summed E-state index contributed by atoms with van der Waals surface area (Å²) in [6.45, 7) is 5.19. The fourth-order valence-electron chi connectivity index (χ4n) is 4.17. The van der Waals surface area contributed by atoms with E-state index in [-0.39, 0.29) is 24.8 Å². The Labute approximate surface area is 243 Å². The molecule has 2 aliphatic rings. The normalized spacial score (nSPS) is 13.9. The summed E-state index contributed by atoms with van der Waals surface area (Å²) in [5, 5.41) is 5.36. The SMILES string of the molecule is Cc1cc2ccccc2[cH-]1.Cl.Cl.[CH-]1CCCCC1.[CH-]1CCCCC1.[Si]=[Zr].c1ccc2[cH-]ccc2c1. The maximum Gasteiger partial charge on any atom is -0.0809 e. The van der Waals surface area contributed by atoms with Crippen molar-refractivity contribution in [2.45, 2.75) is 71.1 Å². The van der Waals surface area contributed by atoms with Crippen molar-refractivity contribution in [3.05, 3.63) is 97.3 Å². The van der Waals surface area contributed by atoms with Gasteiger partial charge in [0.15, 0.2) is 0 Å². The van der Waals surface area contributed by atoms with E-state index in [1.165, 1.54) is 115 Å². The Morgan fingerprint density at radius 1 is 0.629 bits per heavy atom. The Morgan fingerprint density at radius 2 is 1.11 bits per heavy atom. The van der Waals surface area contributed by atoms with Crippen LogP contribution < -0.4 is 0 Å². The average Bonchev–Trinajstić information content (AvgIpc) is 3.54. The minimum absolute atomic E-state index is 0. The molecule has 0 atom stereocenters.